The molecule has 4 nitrogen and oxygen atoms in total. The number of nitriles is 1. The molecule has 0 unspecified atom stereocenters. The van der Waals surface area contributed by atoms with E-state index in [4.69, 9.17) is 10.4 Å². The van der Waals surface area contributed by atoms with Crippen LogP contribution in [0.1, 0.15) is 11.3 Å². The largest absolute Gasteiger partial charge is 0.477 e. The second-order valence-electron chi connectivity index (χ2n) is 4.02. The molecule has 0 aliphatic rings. The highest BCUT2D eigenvalue weighted by molar-refractivity contribution is 5.96. The first-order valence-electron chi connectivity index (χ1n) is 5.75. The van der Waals surface area contributed by atoms with Crippen LogP contribution in [0.15, 0.2) is 54.2 Å². The molecule has 0 aliphatic carbocycles. The van der Waals surface area contributed by atoms with E-state index in [1.54, 1.807) is 12.1 Å². The van der Waals surface area contributed by atoms with Gasteiger partial charge in [-0.05, 0) is 23.8 Å². The molecule has 0 radical (unpaired) electrons. The number of benzene rings is 1. The van der Waals surface area contributed by atoms with E-state index in [1.807, 2.05) is 47.2 Å². The summed E-state index contributed by atoms with van der Waals surface area (Å²) in [6.07, 6.45) is 3.24. The molecular formula is C15H12N2O2. The van der Waals surface area contributed by atoms with Gasteiger partial charge in [0.2, 0.25) is 0 Å². The second-order valence-corrected chi connectivity index (χ2v) is 4.02. The smallest absolute Gasteiger partial charge is 0.346 e. The van der Waals surface area contributed by atoms with Gasteiger partial charge in [0.25, 0.3) is 0 Å². The number of rotatable bonds is 4. The van der Waals surface area contributed by atoms with E-state index in [0.29, 0.717) is 12.2 Å². The zero-order valence-corrected chi connectivity index (χ0v) is 10.2. The van der Waals surface area contributed by atoms with E-state index >= 15 is 0 Å². The van der Waals surface area contributed by atoms with E-state index in [2.05, 4.69) is 0 Å². The van der Waals surface area contributed by atoms with Crippen molar-refractivity contribution in [2.45, 2.75) is 6.54 Å². The summed E-state index contributed by atoms with van der Waals surface area (Å²) < 4.78 is 1.90. The number of carbonyl (C=O) groups is 1. The molecule has 0 saturated carbocycles. The van der Waals surface area contributed by atoms with Crippen molar-refractivity contribution in [3.63, 3.8) is 0 Å². The summed E-state index contributed by atoms with van der Waals surface area (Å²) in [7, 11) is 0. The SMILES string of the molecule is N#CC(=Cc1cccn1Cc1ccccc1)C(=O)O. The van der Waals surface area contributed by atoms with E-state index in [-0.39, 0.29) is 5.57 Å². The van der Waals surface area contributed by atoms with Gasteiger partial charge in [-0.2, -0.15) is 5.26 Å². The van der Waals surface area contributed by atoms with E-state index in [9.17, 15) is 4.79 Å². The Balaban J connectivity index is 2.29. The highest BCUT2D eigenvalue weighted by Crippen LogP contribution is 2.11. The maximum absolute atomic E-state index is 10.8. The van der Waals surface area contributed by atoms with Crippen LogP contribution in [-0.4, -0.2) is 15.6 Å². The second kappa shape index (κ2) is 5.69. The fourth-order valence-electron chi connectivity index (χ4n) is 1.77. The average Bonchev–Trinajstić information content (AvgIpc) is 2.84. The van der Waals surface area contributed by atoms with Gasteiger partial charge < -0.3 is 9.67 Å². The molecule has 19 heavy (non-hydrogen) atoms. The summed E-state index contributed by atoms with van der Waals surface area (Å²) in [5.74, 6) is -1.21. The molecule has 1 aromatic heterocycles. The Kier molecular flexibility index (Phi) is 3.79. The van der Waals surface area contributed by atoms with Crippen molar-refractivity contribution in [1.82, 2.24) is 4.57 Å². The third kappa shape index (κ3) is 3.11. The molecule has 2 rings (SSSR count). The van der Waals surface area contributed by atoms with Crippen LogP contribution in [0.4, 0.5) is 0 Å². The number of hydrogen-bond acceptors (Lipinski definition) is 2. The number of hydrogen-bond donors (Lipinski definition) is 1. The fraction of sp³-hybridized carbons (Fsp3) is 0.0667. The third-order valence-corrected chi connectivity index (χ3v) is 2.70. The molecule has 1 heterocycles. The molecular weight excluding hydrogens is 240 g/mol. The molecule has 2 aromatic rings. The summed E-state index contributed by atoms with van der Waals surface area (Å²) in [6.45, 7) is 0.637. The van der Waals surface area contributed by atoms with Crippen LogP contribution in [0.25, 0.3) is 6.08 Å². The Bertz CT molecular complexity index is 648. The van der Waals surface area contributed by atoms with Gasteiger partial charge >= 0.3 is 5.97 Å². The van der Waals surface area contributed by atoms with Crippen molar-refractivity contribution >= 4 is 12.0 Å². The highest BCUT2D eigenvalue weighted by Gasteiger charge is 2.07. The Morgan fingerprint density at radius 2 is 2.00 bits per heavy atom. The molecule has 1 N–H and O–H groups in total. The minimum absolute atomic E-state index is 0.270. The summed E-state index contributed by atoms with van der Waals surface area (Å²) in [5.41, 5.74) is 1.54. The number of aliphatic carboxylic acids is 1. The first-order valence-corrected chi connectivity index (χ1v) is 5.75. The Morgan fingerprint density at radius 3 is 2.63 bits per heavy atom. The molecule has 94 valence electrons. The number of aromatic nitrogens is 1. The topological polar surface area (TPSA) is 66.0 Å². The summed E-state index contributed by atoms with van der Waals surface area (Å²) in [4.78, 5) is 10.8. The van der Waals surface area contributed by atoms with E-state index in [0.717, 1.165) is 5.56 Å². The van der Waals surface area contributed by atoms with E-state index < -0.39 is 5.97 Å². The van der Waals surface area contributed by atoms with Crippen molar-refractivity contribution in [2.75, 3.05) is 0 Å². The minimum atomic E-state index is -1.21. The van der Waals surface area contributed by atoms with Crippen molar-refractivity contribution in [3.05, 3.63) is 65.5 Å². The highest BCUT2D eigenvalue weighted by atomic mass is 16.4. The number of nitrogens with zero attached hydrogens (tertiary/aromatic N) is 2. The number of carboxylic acids is 1. The van der Waals surface area contributed by atoms with Crippen LogP contribution >= 0.6 is 0 Å². The van der Waals surface area contributed by atoms with Gasteiger partial charge in [0.1, 0.15) is 11.6 Å². The van der Waals surface area contributed by atoms with Gasteiger partial charge in [0.15, 0.2) is 0 Å². The van der Waals surface area contributed by atoms with Crippen LogP contribution in [-0.2, 0) is 11.3 Å². The molecule has 0 amide bonds. The lowest BCUT2D eigenvalue weighted by Gasteiger charge is -2.06. The molecule has 0 aliphatic heterocycles. The van der Waals surface area contributed by atoms with Gasteiger partial charge in [-0.15, -0.1) is 0 Å². The Labute approximate surface area is 110 Å². The molecule has 0 spiro atoms. The van der Waals surface area contributed by atoms with Crippen LogP contribution < -0.4 is 0 Å². The van der Waals surface area contributed by atoms with Gasteiger partial charge in [0.05, 0.1) is 0 Å². The standard InChI is InChI=1S/C15H12N2O2/c16-10-13(15(18)19)9-14-7-4-8-17(14)11-12-5-2-1-3-6-12/h1-9H,11H2,(H,18,19). The third-order valence-electron chi connectivity index (χ3n) is 2.70. The maximum atomic E-state index is 10.8. The summed E-state index contributed by atoms with van der Waals surface area (Å²) in [6, 6.07) is 15.1. The molecule has 0 atom stereocenters. The van der Waals surface area contributed by atoms with Crippen LogP contribution in [0.2, 0.25) is 0 Å². The fourth-order valence-corrected chi connectivity index (χ4v) is 1.77. The van der Waals surface area contributed by atoms with Gasteiger partial charge in [-0.1, -0.05) is 30.3 Å². The molecule has 0 fully saturated rings. The number of carboxylic acid groups (broad SMARTS) is 1. The maximum Gasteiger partial charge on any atom is 0.346 e. The first-order chi connectivity index (χ1) is 9.20. The minimum Gasteiger partial charge on any atom is -0.477 e. The Morgan fingerprint density at radius 1 is 1.26 bits per heavy atom. The van der Waals surface area contributed by atoms with E-state index in [1.165, 1.54) is 6.08 Å². The van der Waals surface area contributed by atoms with Gasteiger partial charge in [-0.3, -0.25) is 0 Å². The molecule has 0 bridgehead atoms. The van der Waals surface area contributed by atoms with Crippen molar-refractivity contribution in [2.24, 2.45) is 0 Å². The normalized spacial score (nSPS) is 11.0. The van der Waals surface area contributed by atoms with Crippen molar-refractivity contribution < 1.29 is 9.90 Å². The first kappa shape index (κ1) is 12.7. The van der Waals surface area contributed by atoms with Gasteiger partial charge in [0, 0.05) is 18.4 Å². The lowest BCUT2D eigenvalue weighted by atomic mass is 10.2. The zero-order chi connectivity index (χ0) is 13.7. The summed E-state index contributed by atoms with van der Waals surface area (Å²) >= 11 is 0. The van der Waals surface area contributed by atoms with Crippen LogP contribution in [0, 0.1) is 11.3 Å². The molecule has 4 heteroatoms. The predicted molar refractivity (Wildman–Crippen MR) is 71.2 cm³/mol. The van der Waals surface area contributed by atoms with Crippen LogP contribution in [0.5, 0.6) is 0 Å². The Hall–Kier alpha value is -2.80. The summed E-state index contributed by atoms with van der Waals surface area (Å²) in [5, 5.41) is 17.6. The van der Waals surface area contributed by atoms with Crippen molar-refractivity contribution in [3.8, 4) is 6.07 Å². The molecule has 1 aromatic carbocycles. The van der Waals surface area contributed by atoms with Crippen molar-refractivity contribution in [1.29, 1.82) is 5.26 Å². The monoisotopic (exact) mass is 252 g/mol. The lowest BCUT2D eigenvalue weighted by Crippen LogP contribution is -2.02. The zero-order valence-electron chi connectivity index (χ0n) is 10.2. The van der Waals surface area contributed by atoms with Gasteiger partial charge in [-0.25, -0.2) is 4.79 Å². The predicted octanol–water partition coefficient (Wildman–Crippen LogP) is 2.53. The molecule has 0 saturated heterocycles. The lowest BCUT2D eigenvalue weighted by molar-refractivity contribution is -0.132. The average molecular weight is 252 g/mol. The quantitative estimate of drug-likeness (QED) is 0.671. The van der Waals surface area contributed by atoms with Crippen LogP contribution in [0.3, 0.4) is 0 Å².